The number of hydrogen-bond acceptors (Lipinski definition) is 2. The molecule has 1 aromatic heterocycles. The van der Waals surface area contributed by atoms with Crippen LogP contribution >= 0.6 is 11.6 Å². The van der Waals surface area contributed by atoms with Gasteiger partial charge in [-0.1, -0.05) is 29.8 Å². The van der Waals surface area contributed by atoms with Crippen molar-refractivity contribution in [3.8, 4) is 0 Å². The summed E-state index contributed by atoms with van der Waals surface area (Å²) in [6.07, 6.45) is -8.38. The Morgan fingerprint density at radius 3 is 2.17 bits per heavy atom. The highest BCUT2D eigenvalue weighted by Crippen LogP contribution is 2.36. The second-order valence-electron chi connectivity index (χ2n) is 7.73. The Morgan fingerprint density at radius 2 is 1.60 bits per heavy atom. The van der Waals surface area contributed by atoms with Crippen LogP contribution in [-0.4, -0.2) is 35.6 Å². The number of aromatic nitrogens is 1. The normalized spacial score (nSPS) is 12.1. The van der Waals surface area contributed by atoms with E-state index in [0.29, 0.717) is 29.4 Å². The predicted molar refractivity (Wildman–Crippen MR) is 118 cm³/mol. The molecule has 0 spiro atoms. The molecule has 0 unspecified atom stereocenters. The maximum absolute atomic E-state index is 13.3. The minimum absolute atomic E-state index is 0.00890. The Morgan fingerprint density at radius 1 is 0.971 bits per heavy atom. The third kappa shape index (κ3) is 6.79. The van der Waals surface area contributed by atoms with Crippen LogP contribution in [0, 0.1) is 0 Å². The van der Waals surface area contributed by atoms with Crippen LogP contribution in [0.3, 0.4) is 0 Å². The van der Waals surface area contributed by atoms with E-state index in [0.717, 1.165) is 10.5 Å². The molecule has 0 atom stereocenters. The van der Waals surface area contributed by atoms with Crippen molar-refractivity contribution in [2.24, 2.45) is 0 Å². The van der Waals surface area contributed by atoms with Crippen LogP contribution < -0.4 is 0 Å². The van der Waals surface area contributed by atoms with E-state index in [2.05, 4.69) is 0 Å². The first-order valence-electron chi connectivity index (χ1n) is 10.3. The van der Waals surface area contributed by atoms with Crippen molar-refractivity contribution < 1.29 is 35.9 Å². The van der Waals surface area contributed by atoms with Crippen molar-refractivity contribution in [3.63, 3.8) is 0 Å². The van der Waals surface area contributed by atoms with Crippen LogP contribution in [-0.2, 0) is 30.2 Å². The topological polar surface area (TPSA) is 34.5 Å². The molecule has 35 heavy (non-hydrogen) atoms. The van der Waals surface area contributed by atoms with Crippen LogP contribution in [0.15, 0.2) is 60.8 Å². The van der Waals surface area contributed by atoms with E-state index in [-0.39, 0.29) is 25.8 Å². The summed E-state index contributed by atoms with van der Waals surface area (Å²) in [7, 11) is 1.37. The number of methoxy groups -OCH3 is 1. The summed E-state index contributed by atoms with van der Waals surface area (Å²) < 4.78 is 86.4. The van der Waals surface area contributed by atoms with Gasteiger partial charge in [0.1, 0.15) is 0 Å². The van der Waals surface area contributed by atoms with E-state index < -0.39 is 35.0 Å². The number of carbonyl (C=O) groups excluding carboxylic acids is 1. The molecule has 0 radical (unpaired) electrons. The Hall–Kier alpha value is -2.98. The van der Waals surface area contributed by atoms with Gasteiger partial charge in [-0.15, -0.1) is 0 Å². The maximum Gasteiger partial charge on any atom is 0.416 e. The molecule has 1 heterocycles. The summed E-state index contributed by atoms with van der Waals surface area (Å²) in [5.41, 5.74) is -2.41. The van der Waals surface area contributed by atoms with E-state index >= 15 is 0 Å². The molecule has 0 bridgehead atoms. The van der Waals surface area contributed by atoms with E-state index in [1.165, 1.54) is 7.11 Å². The van der Waals surface area contributed by atoms with Gasteiger partial charge in [-0.3, -0.25) is 4.79 Å². The quantitative estimate of drug-likeness (QED) is 0.318. The summed E-state index contributed by atoms with van der Waals surface area (Å²) in [6, 6.07) is 11.4. The molecule has 0 saturated heterocycles. The Bertz CT molecular complexity index is 1140. The molecule has 1 amide bonds. The Kier molecular flexibility index (Phi) is 8.17. The maximum atomic E-state index is 13.3. The van der Waals surface area contributed by atoms with Crippen molar-refractivity contribution in [2.75, 3.05) is 20.3 Å². The minimum Gasteiger partial charge on any atom is -0.383 e. The Balaban J connectivity index is 1.95. The largest absolute Gasteiger partial charge is 0.416 e. The van der Waals surface area contributed by atoms with Crippen molar-refractivity contribution in [1.29, 1.82) is 0 Å². The van der Waals surface area contributed by atoms with Crippen LogP contribution in [0.5, 0.6) is 0 Å². The molecular weight excluding hydrogens is 498 g/mol. The summed E-state index contributed by atoms with van der Waals surface area (Å²) in [4.78, 5) is 14.3. The lowest BCUT2D eigenvalue weighted by molar-refractivity contribution is -0.143. The molecule has 0 aliphatic heterocycles. The van der Waals surface area contributed by atoms with E-state index in [9.17, 15) is 31.1 Å². The van der Waals surface area contributed by atoms with Gasteiger partial charge < -0.3 is 14.2 Å². The molecule has 0 fully saturated rings. The van der Waals surface area contributed by atoms with Crippen LogP contribution in [0.2, 0.25) is 5.02 Å². The number of carbonyl (C=O) groups is 1. The molecule has 3 aromatic rings. The number of rotatable bonds is 8. The zero-order chi connectivity index (χ0) is 25.8. The average molecular weight is 519 g/mol. The number of ether oxygens (including phenoxy) is 1. The van der Waals surface area contributed by atoms with Gasteiger partial charge in [0, 0.05) is 42.7 Å². The molecule has 0 saturated carbocycles. The number of alkyl halides is 6. The summed E-state index contributed by atoms with van der Waals surface area (Å²) >= 11 is 6.22. The average Bonchev–Trinajstić information content (AvgIpc) is 3.22. The highest BCUT2D eigenvalue weighted by atomic mass is 35.5. The zero-order valence-electron chi connectivity index (χ0n) is 18.5. The predicted octanol–water partition coefficient (Wildman–Crippen LogP) is 6.52. The lowest BCUT2D eigenvalue weighted by Crippen LogP contribution is -2.34. The van der Waals surface area contributed by atoms with Crippen LogP contribution in [0.4, 0.5) is 26.3 Å². The highest BCUT2D eigenvalue weighted by Gasteiger charge is 2.38. The molecule has 4 nitrogen and oxygen atoms in total. The third-order valence-corrected chi connectivity index (χ3v) is 5.63. The standard InChI is InChI=1S/C24H21ClF6N2O2/c1-35-10-9-33(15-20-6-4-8-32(20)14-16-5-2-3-7-21(16)25)22(34)17-11-18(23(26,27)28)13-19(12-17)24(29,30)31/h2-8,11-13H,9-10,14-15H2,1H3. The number of hydrogen-bond donors (Lipinski definition) is 0. The van der Waals surface area contributed by atoms with Gasteiger partial charge >= 0.3 is 12.4 Å². The molecule has 0 aliphatic carbocycles. The van der Waals surface area contributed by atoms with Gasteiger partial charge in [0.2, 0.25) is 0 Å². The summed E-state index contributed by atoms with van der Waals surface area (Å²) in [5, 5.41) is 0.531. The van der Waals surface area contributed by atoms with E-state index in [1.807, 2.05) is 12.1 Å². The van der Waals surface area contributed by atoms with Gasteiger partial charge in [0.15, 0.2) is 0 Å². The molecule has 188 valence electrons. The first-order chi connectivity index (χ1) is 16.4. The fourth-order valence-corrected chi connectivity index (χ4v) is 3.66. The molecule has 2 aromatic carbocycles. The lowest BCUT2D eigenvalue weighted by atomic mass is 10.0. The Labute approximate surface area is 202 Å². The minimum atomic E-state index is -5.06. The fourth-order valence-electron chi connectivity index (χ4n) is 3.47. The van der Waals surface area contributed by atoms with Crippen molar-refractivity contribution in [2.45, 2.75) is 25.4 Å². The van der Waals surface area contributed by atoms with Gasteiger partial charge in [-0.2, -0.15) is 26.3 Å². The molecule has 11 heteroatoms. The molecule has 0 aliphatic rings. The number of benzene rings is 2. The second kappa shape index (κ2) is 10.7. The zero-order valence-corrected chi connectivity index (χ0v) is 19.2. The van der Waals surface area contributed by atoms with Gasteiger partial charge in [-0.25, -0.2) is 0 Å². The van der Waals surface area contributed by atoms with Crippen molar-refractivity contribution in [1.82, 2.24) is 9.47 Å². The highest BCUT2D eigenvalue weighted by molar-refractivity contribution is 6.31. The fraction of sp³-hybridized carbons (Fsp3) is 0.292. The smallest absolute Gasteiger partial charge is 0.383 e. The second-order valence-corrected chi connectivity index (χ2v) is 8.14. The number of nitrogens with zero attached hydrogens (tertiary/aromatic N) is 2. The molecule has 0 N–H and O–H groups in total. The van der Waals surface area contributed by atoms with Gasteiger partial charge in [-0.05, 0) is 42.0 Å². The van der Waals surface area contributed by atoms with Gasteiger partial charge in [0.05, 0.1) is 24.3 Å². The number of halogens is 7. The van der Waals surface area contributed by atoms with E-state index in [4.69, 9.17) is 16.3 Å². The lowest BCUT2D eigenvalue weighted by Gasteiger charge is -2.24. The van der Waals surface area contributed by atoms with Crippen LogP contribution in [0.25, 0.3) is 0 Å². The van der Waals surface area contributed by atoms with Gasteiger partial charge in [0.25, 0.3) is 5.91 Å². The SMILES string of the molecule is COCCN(Cc1cccn1Cc1ccccc1Cl)C(=O)c1cc(C(F)(F)F)cc(C(F)(F)F)c1. The summed E-state index contributed by atoms with van der Waals surface area (Å²) in [5.74, 6) is -0.982. The monoisotopic (exact) mass is 518 g/mol. The molecule has 3 rings (SSSR count). The van der Waals surface area contributed by atoms with Crippen molar-refractivity contribution in [3.05, 3.63) is 93.8 Å². The first kappa shape index (κ1) is 26.6. The van der Waals surface area contributed by atoms with Crippen molar-refractivity contribution >= 4 is 17.5 Å². The van der Waals surface area contributed by atoms with Crippen LogP contribution in [0.1, 0.15) is 32.7 Å². The third-order valence-electron chi connectivity index (χ3n) is 5.26. The first-order valence-corrected chi connectivity index (χ1v) is 10.7. The summed E-state index contributed by atoms with van der Waals surface area (Å²) in [6.45, 7) is 0.263. The molecular formula is C24H21ClF6N2O2. The van der Waals surface area contributed by atoms with E-state index in [1.54, 1.807) is 35.0 Å². The number of amides is 1.